The van der Waals surface area contributed by atoms with E-state index in [2.05, 4.69) is 4.18 Å². The number of ketones is 1. The van der Waals surface area contributed by atoms with Crippen molar-refractivity contribution in [3.05, 3.63) is 82.7 Å². The summed E-state index contributed by atoms with van der Waals surface area (Å²) >= 11 is 0. The molecule has 0 aromatic heterocycles. The Labute approximate surface area is 176 Å². The summed E-state index contributed by atoms with van der Waals surface area (Å²) in [5, 5.41) is 0. The van der Waals surface area contributed by atoms with E-state index in [4.69, 9.17) is 19.3 Å². The molecule has 0 aliphatic carbocycles. The normalized spacial score (nSPS) is 20.7. The van der Waals surface area contributed by atoms with Crippen molar-refractivity contribution in [1.82, 2.24) is 0 Å². The highest BCUT2D eigenvalue weighted by atomic mass is 32.2. The van der Waals surface area contributed by atoms with Gasteiger partial charge in [-0.25, -0.2) is 9.18 Å². The van der Waals surface area contributed by atoms with Crippen LogP contribution in [0.25, 0.3) is 0 Å². The van der Waals surface area contributed by atoms with Crippen LogP contribution in [0.4, 0.5) is 4.39 Å². The third-order valence-electron chi connectivity index (χ3n) is 3.79. The molecule has 1 aliphatic heterocycles. The van der Waals surface area contributed by atoms with E-state index in [0.717, 1.165) is 24.3 Å². The van der Waals surface area contributed by atoms with Crippen molar-refractivity contribution in [1.29, 1.82) is 0 Å². The molecule has 2 aromatic carbocycles. The molecule has 0 bridgehead atoms. The number of halogens is 1. The van der Waals surface area contributed by atoms with Gasteiger partial charge in [0.05, 0.1) is 16.3 Å². The van der Waals surface area contributed by atoms with Crippen molar-refractivity contribution in [3.8, 4) is 0 Å². The predicted octanol–water partition coefficient (Wildman–Crippen LogP) is 2.32. The van der Waals surface area contributed by atoms with Gasteiger partial charge >= 0.3 is 16.1 Å². The van der Waals surface area contributed by atoms with Gasteiger partial charge in [0.1, 0.15) is 11.5 Å². The average Bonchev–Trinajstić information content (AvgIpc) is 2.98. The SMILES string of the molecule is [2H]C([2H])(c1ccc(F)cc1)S(=O)(=O)OC1=C(N)O[C@]([2H])(c2ccc(C(=O)OCC)cc2)C1=O. The highest BCUT2D eigenvalue weighted by Gasteiger charge is 2.39. The standard InChI is InChI=1S/C20H18FNO7S/c1-2-27-20(24)14-7-5-13(6-8-14)17-16(23)18(19(22)28-17)29-30(25,26)11-12-3-9-15(21)10-4-12/h3-10,17H,2,11,22H2,1H3/t17-/m1/s1/i11D2,17D. The van der Waals surface area contributed by atoms with Gasteiger partial charge in [0.15, 0.2) is 6.08 Å². The minimum Gasteiger partial charge on any atom is -0.462 e. The summed E-state index contributed by atoms with van der Waals surface area (Å²) in [4.78, 5) is 24.6. The van der Waals surface area contributed by atoms with Gasteiger partial charge in [-0.05, 0) is 36.8 Å². The molecule has 3 rings (SSSR count). The van der Waals surface area contributed by atoms with Gasteiger partial charge in [-0.1, -0.05) is 24.3 Å². The lowest BCUT2D eigenvalue weighted by molar-refractivity contribution is -0.123. The second-order valence-corrected chi connectivity index (χ2v) is 7.18. The quantitative estimate of drug-likeness (QED) is 0.516. The first-order chi connectivity index (χ1) is 15.3. The van der Waals surface area contributed by atoms with Crippen LogP contribution in [0, 0.1) is 5.82 Å². The van der Waals surface area contributed by atoms with Crippen LogP contribution in [0.15, 0.2) is 60.2 Å². The Morgan fingerprint density at radius 3 is 2.47 bits per heavy atom. The van der Waals surface area contributed by atoms with Crippen LogP contribution >= 0.6 is 0 Å². The van der Waals surface area contributed by atoms with E-state index in [0.29, 0.717) is 0 Å². The summed E-state index contributed by atoms with van der Waals surface area (Å²) < 4.78 is 77.2. The van der Waals surface area contributed by atoms with Crippen LogP contribution < -0.4 is 5.73 Å². The molecule has 1 aliphatic rings. The van der Waals surface area contributed by atoms with Crippen LogP contribution in [-0.2, 0) is 34.3 Å². The average molecular weight is 438 g/mol. The van der Waals surface area contributed by atoms with Crippen molar-refractivity contribution >= 4 is 21.9 Å². The molecule has 158 valence electrons. The largest absolute Gasteiger partial charge is 0.462 e. The van der Waals surface area contributed by atoms with Crippen LogP contribution in [0.1, 0.15) is 38.6 Å². The molecule has 2 aromatic rings. The van der Waals surface area contributed by atoms with E-state index >= 15 is 0 Å². The minimum absolute atomic E-state index is 0.0963. The predicted molar refractivity (Wildman–Crippen MR) is 103 cm³/mol. The molecule has 8 nitrogen and oxygen atoms in total. The number of carbonyl (C=O) groups is 2. The lowest BCUT2D eigenvalue weighted by Gasteiger charge is -2.10. The van der Waals surface area contributed by atoms with Crippen LogP contribution in [0.2, 0.25) is 0 Å². The van der Waals surface area contributed by atoms with E-state index < -0.39 is 56.7 Å². The summed E-state index contributed by atoms with van der Waals surface area (Å²) in [5.41, 5.74) is 1.99. The summed E-state index contributed by atoms with van der Waals surface area (Å²) in [5.74, 6) is -4.57. The van der Waals surface area contributed by atoms with Crippen molar-refractivity contribution in [2.24, 2.45) is 5.73 Å². The summed E-state index contributed by atoms with van der Waals surface area (Å²) in [6, 6.07) is 8.52. The van der Waals surface area contributed by atoms with Crippen molar-refractivity contribution in [2.75, 3.05) is 6.61 Å². The maximum Gasteiger partial charge on any atom is 0.338 e. The Morgan fingerprint density at radius 2 is 1.87 bits per heavy atom. The van der Waals surface area contributed by atoms with E-state index in [9.17, 15) is 22.4 Å². The number of Topliss-reactive ketones (excluding diaryl/α,β-unsaturated/α-hetero) is 1. The number of hydrogen-bond acceptors (Lipinski definition) is 8. The van der Waals surface area contributed by atoms with E-state index in [-0.39, 0.29) is 17.7 Å². The zero-order valence-corrected chi connectivity index (χ0v) is 16.4. The minimum atomic E-state index is -5.20. The van der Waals surface area contributed by atoms with Crippen molar-refractivity contribution < 1.29 is 40.2 Å². The molecule has 0 saturated carbocycles. The van der Waals surface area contributed by atoms with Crippen LogP contribution in [0.3, 0.4) is 0 Å². The van der Waals surface area contributed by atoms with Crippen molar-refractivity contribution in [3.63, 3.8) is 0 Å². The second-order valence-electron chi connectivity index (χ2n) is 5.90. The summed E-state index contributed by atoms with van der Waals surface area (Å²) in [6.07, 6.45) is -2.54. The highest BCUT2D eigenvalue weighted by Crippen LogP contribution is 2.33. The topological polar surface area (TPSA) is 122 Å². The molecule has 0 amide bonds. The van der Waals surface area contributed by atoms with E-state index in [1.54, 1.807) is 6.92 Å². The molecule has 30 heavy (non-hydrogen) atoms. The number of carbonyl (C=O) groups excluding carboxylic acids is 2. The molecule has 0 fully saturated rings. The Bertz CT molecular complexity index is 1230. The zero-order chi connectivity index (χ0) is 24.6. The van der Waals surface area contributed by atoms with Gasteiger partial charge < -0.3 is 19.4 Å². The number of benzene rings is 2. The first kappa shape index (κ1) is 17.5. The molecular weight excluding hydrogens is 417 g/mol. The van der Waals surface area contributed by atoms with Gasteiger partial charge in [-0.3, -0.25) is 4.79 Å². The van der Waals surface area contributed by atoms with Gasteiger partial charge in [0.2, 0.25) is 17.4 Å². The fourth-order valence-corrected chi connectivity index (χ4v) is 3.30. The van der Waals surface area contributed by atoms with Crippen LogP contribution in [0.5, 0.6) is 0 Å². The Morgan fingerprint density at radius 1 is 1.23 bits per heavy atom. The lowest BCUT2D eigenvalue weighted by Crippen LogP contribution is -2.16. The van der Waals surface area contributed by atoms with Gasteiger partial charge in [0.25, 0.3) is 0 Å². The first-order valence-corrected chi connectivity index (χ1v) is 9.95. The molecule has 0 spiro atoms. The second kappa shape index (κ2) is 8.54. The smallest absolute Gasteiger partial charge is 0.338 e. The molecule has 0 saturated heterocycles. The summed E-state index contributed by atoms with van der Waals surface area (Å²) in [7, 11) is -5.20. The zero-order valence-electron chi connectivity index (χ0n) is 18.5. The van der Waals surface area contributed by atoms with Gasteiger partial charge in [0, 0.05) is 5.56 Å². The van der Waals surface area contributed by atoms with Crippen molar-refractivity contribution in [2.45, 2.75) is 18.7 Å². The number of hydrogen-bond donors (Lipinski definition) is 1. The maximum absolute atomic E-state index is 13.1. The third-order valence-corrected chi connectivity index (χ3v) is 4.66. The molecule has 2 N–H and O–H groups in total. The lowest BCUT2D eigenvalue weighted by atomic mass is 10.0. The molecule has 1 atom stereocenters. The fraction of sp³-hybridized carbons (Fsp3) is 0.200. The third kappa shape index (κ3) is 4.77. The molecule has 0 radical (unpaired) electrons. The van der Waals surface area contributed by atoms with Gasteiger partial charge in [-0.15, -0.1) is 0 Å². The number of rotatable bonds is 7. The Kier molecular flexibility index (Phi) is 4.97. The van der Waals surface area contributed by atoms with E-state index in [1.165, 1.54) is 24.3 Å². The monoisotopic (exact) mass is 438 g/mol. The van der Waals surface area contributed by atoms with Crippen LogP contribution in [-0.4, -0.2) is 26.8 Å². The number of nitrogens with two attached hydrogens (primary N) is 1. The molecular formula is C20H18FNO7S. The molecule has 10 heteroatoms. The van der Waals surface area contributed by atoms with E-state index in [1.807, 2.05) is 0 Å². The fourth-order valence-electron chi connectivity index (χ4n) is 2.45. The number of esters is 1. The summed E-state index contributed by atoms with van der Waals surface area (Å²) in [6.45, 7) is 1.77. The Balaban J connectivity index is 1.87. The number of ether oxygens (including phenoxy) is 2. The van der Waals surface area contributed by atoms with Gasteiger partial charge in [-0.2, -0.15) is 8.42 Å². The molecule has 0 unspecified atom stereocenters. The highest BCUT2D eigenvalue weighted by molar-refractivity contribution is 7.86. The maximum atomic E-state index is 13.1. The Hall–Kier alpha value is -3.40. The molecule has 1 heterocycles. The first-order valence-electron chi connectivity index (χ1n) is 10.0.